The first-order valence-corrected chi connectivity index (χ1v) is 7.11. The molecule has 0 unspecified atom stereocenters. The van der Waals surface area contributed by atoms with Gasteiger partial charge >= 0.3 is 22.1 Å². The van der Waals surface area contributed by atoms with Crippen LogP contribution in [0.2, 0.25) is 0 Å². The molecule has 0 saturated carbocycles. The molecular weight excluding hydrogens is 355 g/mol. The van der Waals surface area contributed by atoms with E-state index in [9.17, 15) is 4.79 Å². The predicted octanol–water partition coefficient (Wildman–Crippen LogP) is 4.33. The summed E-state index contributed by atoms with van der Waals surface area (Å²) in [5.41, 5.74) is 0.577. The van der Waals surface area contributed by atoms with Crippen molar-refractivity contribution in [3.05, 3.63) is 52.6 Å². The Kier molecular flexibility index (Phi) is 5.19. The van der Waals surface area contributed by atoms with Gasteiger partial charge in [-0.15, -0.1) is 10.2 Å². The summed E-state index contributed by atoms with van der Waals surface area (Å²) in [6, 6.07) is 11.0. The van der Waals surface area contributed by atoms with E-state index >= 15 is 0 Å². The maximum atomic E-state index is 11.8. The smallest absolute Gasteiger partial charge is 0.359 e. The molecule has 0 bridgehead atoms. The Labute approximate surface area is 148 Å². The van der Waals surface area contributed by atoms with Crippen LogP contribution in [0, 0.1) is 0 Å². The second-order valence-corrected chi connectivity index (χ2v) is 6.08. The van der Waals surface area contributed by atoms with E-state index in [1.807, 2.05) is 51.1 Å². The Hall–Kier alpha value is -2.47. The van der Waals surface area contributed by atoms with Crippen molar-refractivity contribution >= 4 is 11.5 Å². The molecule has 8 heteroatoms. The number of nitrogens with one attached hydrogen (secondary N) is 1. The molecule has 126 valence electrons. The Bertz CT molecular complexity index is 888. The maximum absolute atomic E-state index is 11.8. The summed E-state index contributed by atoms with van der Waals surface area (Å²) in [7, 11) is 0. The summed E-state index contributed by atoms with van der Waals surface area (Å²) >= 11 is 0. The fraction of sp³-hybridized carbons (Fsp3) is 0.250. The van der Waals surface area contributed by atoms with Gasteiger partial charge in [-0.1, -0.05) is 56.3 Å². The minimum absolute atomic E-state index is 0. The van der Waals surface area contributed by atoms with Gasteiger partial charge in [-0.05, 0) is 0 Å². The van der Waals surface area contributed by atoms with E-state index in [1.54, 1.807) is 6.07 Å². The van der Waals surface area contributed by atoms with Crippen LogP contribution in [-0.2, 0) is 21.9 Å². The van der Waals surface area contributed by atoms with Crippen LogP contribution in [-0.4, -0.2) is 10.3 Å². The molecule has 0 radical (unpaired) electrons. The summed E-state index contributed by atoms with van der Waals surface area (Å²) in [6.45, 7) is 6.01. The predicted molar refractivity (Wildman–Crippen MR) is 84.1 cm³/mol. The number of aromatic amines is 1. The minimum atomic E-state index is -0.591. The Morgan fingerprint density at radius 3 is 2.46 bits per heavy atom. The summed E-state index contributed by atoms with van der Waals surface area (Å²) in [5.74, 6) is 0.991. The molecule has 0 saturated heterocycles. The van der Waals surface area contributed by atoms with Crippen LogP contribution in [0.25, 0.3) is 11.3 Å². The van der Waals surface area contributed by atoms with Crippen LogP contribution < -0.4 is 5.63 Å². The van der Waals surface area contributed by atoms with E-state index in [4.69, 9.17) is 9.05 Å². The molecule has 0 aliphatic carbocycles. The summed E-state index contributed by atoms with van der Waals surface area (Å²) in [4.78, 5) is 11.8. The molecule has 0 atom stereocenters. The SMILES string of the molecule is CC(C)(C)c1cc(N=Nc2c(-c3ccccc3)[nH]oc2=O)no1.[Ni+2]. The van der Waals surface area contributed by atoms with Crippen molar-refractivity contribution in [1.82, 2.24) is 10.3 Å². The van der Waals surface area contributed by atoms with Crippen molar-refractivity contribution in [3.63, 3.8) is 0 Å². The van der Waals surface area contributed by atoms with Crippen molar-refractivity contribution in [2.45, 2.75) is 26.2 Å². The second kappa shape index (κ2) is 6.97. The normalized spacial score (nSPS) is 11.6. The number of nitrogens with zero attached hydrogens (tertiary/aromatic N) is 3. The first-order valence-electron chi connectivity index (χ1n) is 7.11. The third-order valence-corrected chi connectivity index (χ3v) is 3.23. The molecule has 1 aromatic carbocycles. The van der Waals surface area contributed by atoms with E-state index in [0.717, 1.165) is 5.56 Å². The van der Waals surface area contributed by atoms with Gasteiger partial charge in [0, 0.05) is 17.0 Å². The Morgan fingerprint density at radius 2 is 1.83 bits per heavy atom. The molecule has 24 heavy (non-hydrogen) atoms. The third-order valence-electron chi connectivity index (χ3n) is 3.23. The van der Waals surface area contributed by atoms with Crippen molar-refractivity contribution in [2.75, 3.05) is 0 Å². The van der Waals surface area contributed by atoms with E-state index < -0.39 is 5.63 Å². The van der Waals surface area contributed by atoms with Crippen LogP contribution in [0.3, 0.4) is 0 Å². The molecule has 2 aromatic heterocycles. The van der Waals surface area contributed by atoms with E-state index in [1.165, 1.54) is 0 Å². The topological polar surface area (TPSA) is 96.8 Å². The average Bonchev–Trinajstić information content (AvgIpc) is 3.12. The number of benzene rings is 1. The molecule has 1 N–H and O–H groups in total. The molecule has 0 spiro atoms. The maximum Gasteiger partial charge on any atom is 2.00 e. The van der Waals surface area contributed by atoms with Gasteiger partial charge in [0.1, 0.15) is 11.5 Å². The van der Waals surface area contributed by atoms with Crippen LogP contribution >= 0.6 is 0 Å². The average molecular weight is 371 g/mol. The molecule has 0 aliphatic rings. The molecule has 3 rings (SSSR count). The number of azo groups is 1. The summed E-state index contributed by atoms with van der Waals surface area (Å²) in [6.07, 6.45) is 0. The Balaban J connectivity index is 0.00000208. The summed E-state index contributed by atoms with van der Waals surface area (Å²) < 4.78 is 10.1. The zero-order valence-corrected chi connectivity index (χ0v) is 14.3. The number of H-pyrrole nitrogens is 1. The van der Waals surface area contributed by atoms with Gasteiger partial charge in [0.25, 0.3) is 0 Å². The zero-order valence-electron chi connectivity index (χ0n) is 13.3. The largest absolute Gasteiger partial charge is 2.00 e. The third kappa shape index (κ3) is 3.71. The number of aromatic nitrogens is 2. The van der Waals surface area contributed by atoms with E-state index in [-0.39, 0.29) is 27.6 Å². The summed E-state index contributed by atoms with van der Waals surface area (Å²) in [5, 5.41) is 14.3. The fourth-order valence-corrected chi connectivity index (χ4v) is 1.96. The Morgan fingerprint density at radius 1 is 1.12 bits per heavy atom. The monoisotopic (exact) mass is 370 g/mol. The number of hydrogen-bond donors (Lipinski definition) is 1. The van der Waals surface area contributed by atoms with Crippen LogP contribution in [0.15, 0.2) is 60.5 Å². The molecule has 3 aromatic rings. The quantitative estimate of drug-likeness (QED) is 0.547. The van der Waals surface area contributed by atoms with E-state index in [2.05, 4.69) is 20.5 Å². The van der Waals surface area contributed by atoms with Crippen LogP contribution in [0.1, 0.15) is 26.5 Å². The van der Waals surface area contributed by atoms with Crippen molar-refractivity contribution in [1.29, 1.82) is 0 Å². The van der Waals surface area contributed by atoms with Gasteiger partial charge < -0.3 is 9.05 Å². The molecule has 0 amide bonds. The van der Waals surface area contributed by atoms with Crippen LogP contribution in [0.5, 0.6) is 0 Å². The van der Waals surface area contributed by atoms with Crippen LogP contribution in [0.4, 0.5) is 11.5 Å². The minimum Gasteiger partial charge on any atom is -0.359 e. The molecule has 2 heterocycles. The fourth-order valence-electron chi connectivity index (χ4n) is 1.96. The van der Waals surface area contributed by atoms with Crippen molar-refractivity contribution in [3.8, 4) is 11.3 Å². The standard InChI is InChI=1S/C16H16N4O3.Ni/c1-16(2,3)11-9-12(19-22-11)17-18-14-13(20-23-15(14)21)10-7-5-4-6-8-10;/h4-9,20H,1-3H3;/q;+2. The number of rotatable bonds is 3. The van der Waals surface area contributed by atoms with E-state index in [0.29, 0.717) is 17.3 Å². The molecule has 0 aliphatic heterocycles. The van der Waals surface area contributed by atoms with Crippen molar-refractivity contribution < 1.29 is 25.5 Å². The molecule has 0 fully saturated rings. The van der Waals surface area contributed by atoms with Gasteiger partial charge in [0.05, 0.1) is 0 Å². The zero-order chi connectivity index (χ0) is 16.4. The van der Waals surface area contributed by atoms with Gasteiger partial charge in [0.15, 0.2) is 5.69 Å². The van der Waals surface area contributed by atoms with Crippen molar-refractivity contribution in [2.24, 2.45) is 10.2 Å². The number of hydrogen-bond acceptors (Lipinski definition) is 6. The first kappa shape index (κ1) is 17.9. The first-order chi connectivity index (χ1) is 10.9. The second-order valence-electron chi connectivity index (χ2n) is 6.08. The molecule has 7 nitrogen and oxygen atoms in total. The molecular formula is C16H16N4NiO3+2. The van der Waals surface area contributed by atoms with Gasteiger partial charge in [-0.2, -0.15) is 0 Å². The van der Waals surface area contributed by atoms with Gasteiger partial charge in [0.2, 0.25) is 5.82 Å². The van der Waals surface area contributed by atoms with Gasteiger partial charge in [-0.3, -0.25) is 0 Å². The van der Waals surface area contributed by atoms with Gasteiger partial charge in [-0.25, -0.2) is 9.95 Å².